The van der Waals surface area contributed by atoms with Gasteiger partial charge in [0.2, 0.25) is 0 Å². The molecule has 0 spiro atoms. The molecule has 0 saturated carbocycles. The van der Waals surface area contributed by atoms with Gasteiger partial charge in [-0.05, 0) is 96.8 Å². The third kappa shape index (κ3) is 4.24. The van der Waals surface area contributed by atoms with Crippen LogP contribution < -0.4 is 4.90 Å². The van der Waals surface area contributed by atoms with Crippen molar-refractivity contribution in [3.05, 3.63) is 157 Å². The third-order valence-electron chi connectivity index (χ3n) is 7.64. The molecule has 0 fully saturated rings. The van der Waals surface area contributed by atoms with Gasteiger partial charge in [-0.2, -0.15) is 0 Å². The van der Waals surface area contributed by atoms with E-state index in [1.807, 2.05) is 0 Å². The number of nitrogens with zero attached hydrogens (tertiary/aromatic N) is 2. The highest BCUT2D eigenvalue weighted by Gasteiger charge is 2.14. The van der Waals surface area contributed by atoms with Crippen molar-refractivity contribution in [1.82, 2.24) is 4.57 Å². The van der Waals surface area contributed by atoms with Crippen LogP contribution >= 0.6 is 0 Å². The van der Waals surface area contributed by atoms with Gasteiger partial charge < -0.3 is 9.47 Å². The van der Waals surface area contributed by atoms with E-state index in [4.69, 9.17) is 0 Å². The normalized spacial score (nSPS) is 11.2. The molecule has 6 aromatic carbocycles. The third-order valence-corrected chi connectivity index (χ3v) is 7.64. The second-order valence-corrected chi connectivity index (χ2v) is 10.5. The Bertz CT molecular complexity index is 1870. The summed E-state index contributed by atoms with van der Waals surface area (Å²) in [7, 11) is 0. The molecule has 7 aromatic rings. The van der Waals surface area contributed by atoms with Crippen molar-refractivity contribution in [2.24, 2.45) is 0 Å². The minimum absolute atomic E-state index is 1.14. The summed E-state index contributed by atoms with van der Waals surface area (Å²) in [6.07, 6.45) is 0. The van der Waals surface area contributed by atoms with E-state index >= 15 is 0 Å². The van der Waals surface area contributed by atoms with Crippen molar-refractivity contribution in [1.29, 1.82) is 0 Å². The number of hydrogen-bond acceptors (Lipinski definition) is 1. The zero-order chi connectivity index (χ0) is 27.1. The Kier molecular flexibility index (Phi) is 5.94. The molecular formula is C38H30N2. The maximum atomic E-state index is 2.36. The van der Waals surface area contributed by atoms with Gasteiger partial charge in [0.05, 0.1) is 11.0 Å². The van der Waals surface area contributed by atoms with Gasteiger partial charge in [-0.3, -0.25) is 0 Å². The summed E-state index contributed by atoms with van der Waals surface area (Å²) < 4.78 is 2.36. The summed E-state index contributed by atoms with van der Waals surface area (Å²) >= 11 is 0. The summed E-state index contributed by atoms with van der Waals surface area (Å²) in [5.74, 6) is 0. The Morgan fingerprint density at radius 1 is 0.425 bits per heavy atom. The van der Waals surface area contributed by atoms with Gasteiger partial charge in [0, 0.05) is 33.5 Å². The van der Waals surface area contributed by atoms with E-state index in [0.29, 0.717) is 0 Å². The zero-order valence-electron chi connectivity index (χ0n) is 22.8. The number of aromatic nitrogens is 1. The van der Waals surface area contributed by atoms with Gasteiger partial charge in [0.1, 0.15) is 0 Å². The summed E-state index contributed by atoms with van der Waals surface area (Å²) in [4.78, 5) is 2.33. The number of hydrogen-bond donors (Lipinski definition) is 0. The summed E-state index contributed by atoms with van der Waals surface area (Å²) in [5, 5.41) is 2.56. The van der Waals surface area contributed by atoms with Crippen molar-refractivity contribution in [2.75, 3.05) is 4.90 Å². The molecule has 1 heterocycles. The van der Waals surface area contributed by atoms with Crippen molar-refractivity contribution in [3.63, 3.8) is 0 Å². The molecule has 0 radical (unpaired) electrons. The number of rotatable bonds is 5. The second-order valence-electron chi connectivity index (χ2n) is 10.5. The van der Waals surface area contributed by atoms with Gasteiger partial charge in [-0.15, -0.1) is 0 Å². The molecule has 0 unspecified atom stereocenters. The molecule has 40 heavy (non-hydrogen) atoms. The van der Waals surface area contributed by atoms with Crippen molar-refractivity contribution >= 4 is 38.9 Å². The van der Waals surface area contributed by atoms with Crippen LogP contribution in [0.1, 0.15) is 11.1 Å². The van der Waals surface area contributed by atoms with E-state index in [9.17, 15) is 0 Å². The van der Waals surface area contributed by atoms with Crippen LogP contribution in [-0.2, 0) is 0 Å². The van der Waals surface area contributed by atoms with E-state index in [1.54, 1.807) is 0 Å². The number of benzene rings is 6. The first kappa shape index (κ1) is 24.0. The van der Waals surface area contributed by atoms with E-state index < -0.39 is 0 Å². The molecule has 0 saturated heterocycles. The van der Waals surface area contributed by atoms with Crippen LogP contribution in [-0.4, -0.2) is 4.57 Å². The van der Waals surface area contributed by atoms with Gasteiger partial charge in [-0.1, -0.05) is 84.9 Å². The predicted octanol–water partition coefficient (Wildman–Crippen LogP) is 10.5. The van der Waals surface area contributed by atoms with Crippen LogP contribution in [0.15, 0.2) is 146 Å². The predicted molar refractivity (Wildman–Crippen MR) is 170 cm³/mol. The van der Waals surface area contributed by atoms with Crippen LogP contribution in [0.5, 0.6) is 0 Å². The quantitative estimate of drug-likeness (QED) is 0.222. The van der Waals surface area contributed by atoms with Crippen LogP contribution in [0.2, 0.25) is 0 Å². The number of anilines is 3. The van der Waals surface area contributed by atoms with Crippen LogP contribution in [0.4, 0.5) is 17.1 Å². The van der Waals surface area contributed by atoms with Crippen LogP contribution in [0, 0.1) is 13.8 Å². The molecule has 0 N–H and O–H groups in total. The minimum Gasteiger partial charge on any atom is -0.310 e. The summed E-state index contributed by atoms with van der Waals surface area (Å²) in [5.41, 5.74) is 12.0. The maximum Gasteiger partial charge on any atom is 0.0541 e. The number of para-hydroxylation sites is 3. The monoisotopic (exact) mass is 514 g/mol. The highest BCUT2D eigenvalue weighted by Crippen LogP contribution is 2.37. The summed E-state index contributed by atoms with van der Waals surface area (Å²) in [6, 6.07) is 52.4. The van der Waals surface area contributed by atoms with Gasteiger partial charge >= 0.3 is 0 Å². The Balaban J connectivity index is 1.25. The lowest BCUT2D eigenvalue weighted by Gasteiger charge is -2.26. The SMILES string of the molecule is Cc1cc(C)cc(N(c2ccccc2)c2ccc(-c3ccc(-n4c5ccccc5c5ccccc54)cc3)cc2)c1. The first-order valence-electron chi connectivity index (χ1n) is 13.8. The Labute approximate surface area is 235 Å². The topological polar surface area (TPSA) is 8.17 Å². The van der Waals surface area contributed by atoms with Crippen LogP contribution in [0.25, 0.3) is 38.6 Å². The van der Waals surface area contributed by atoms with Crippen molar-refractivity contribution in [2.45, 2.75) is 13.8 Å². The molecule has 2 nitrogen and oxygen atoms in total. The Hall–Kier alpha value is -5.08. The fourth-order valence-corrected chi connectivity index (χ4v) is 5.91. The number of fused-ring (bicyclic) bond motifs is 3. The molecule has 192 valence electrons. The molecule has 0 amide bonds. The lowest BCUT2D eigenvalue weighted by atomic mass is 10.0. The van der Waals surface area contributed by atoms with E-state index in [0.717, 1.165) is 11.4 Å². The molecule has 2 heteroatoms. The zero-order valence-corrected chi connectivity index (χ0v) is 22.8. The molecule has 0 aliphatic heterocycles. The van der Waals surface area contributed by atoms with Crippen molar-refractivity contribution in [3.8, 4) is 16.8 Å². The van der Waals surface area contributed by atoms with E-state index in [2.05, 4.69) is 169 Å². The van der Waals surface area contributed by atoms with Gasteiger partial charge in [0.15, 0.2) is 0 Å². The Morgan fingerprint density at radius 2 is 0.900 bits per heavy atom. The van der Waals surface area contributed by atoms with Gasteiger partial charge in [0.25, 0.3) is 0 Å². The molecule has 7 rings (SSSR count). The van der Waals surface area contributed by atoms with E-state index in [1.165, 1.54) is 55.4 Å². The molecule has 0 atom stereocenters. The molecule has 1 aromatic heterocycles. The average Bonchev–Trinajstić information content (AvgIpc) is 3.32. The fraction of sp³-hybridized carbons (Fsp3) is 0.0526. The van der Waals surface area contributed by atoms with Crippen LogP contribution in [0.3, 0.4) is 0 Å². The number of aryl methyl sites for hydroxylation is 2. The lowest BCUT2D eigenvalue weighted by Crippen LogP contribution is -2.10. The lowest BCUT2D eigenvalue weighted by molar-refractivity contribution is 1.18. The fourth-order valence-electron chi connectivity index (χ4n) is 5.91. The van der Waals surface area contributed by atoms with E-state index in [-0.39, 0.29) is 0 Å². The average molecular weight is 515 g/mol. The molecule has 0 bridgehead atoms. The maximum absolute atomic E-state index is 2.36. The van der Waals surface area contributed by atoms with Gasteiger partial charge in [-0.25, -0.2) is 0 Å². The molecule has 0 aliphatic carbocycles. The molecule has 0 aliphatic rings. The smallest absolute Gasteiger partial charge is 0.0541 e. The first-order valence-corrected chi connectivity index (χ1v) is 13.8. The minimum atomic E-state index is 1.14. The summed E-state index contributed by atoms with van der Waals surface area (Å²) in [6.45, 7) is 4.32. The largest absolute Gasteiger partial charge is 0.310 e. The standard InChI is InChI=1S/C38H30N2/c1-27-24-28(2)26-34(25-27)39(31-10-4-3-5-11-31)32-20-16-29(17-21-32)30-18-22-33(23-19-30)40-37-14-8-6-12-35(37)36-13-7-9-15-38(36)40/h3-26H,1-2H3. The molecular weight excluding hydrogens is 484 g/mol. The highest BCUT2D eigenvalue weighted by atomic mass is 15.1. The second kappa shape index (κ2) is 9.91. The Morgan fingerprint density at radius 3 is 1.48 bits per heavy atom. The first-order chi connectivity index (χ1) is 19.7. The van der Waals surface area contributed by atoms with Crippen molar-refractivity contribution < 1.29 is 0 Å². The highest BCUT2D eigenvalue weighted by molar-refractivity contribution is 6.09.